The van der Waals surface area contributed by atoms with Crippen molar-refractivity contribution in [2.24, 2.45) is 5.92 Å². The van der Waals surface area contributed by atoms with E-state index in [0.717, 1.165) is 38.3 Å². The van der Waals surface area contributed by atoms with Crippen LogP contribution in [0, 0.1) is 5.92 Å². The van der Waals surface area contributed by atoms with E-state index >= 15 is 0 Å². The summed E-state index contributed by atoms with van der Waals surface area (Å²) in [6.07, 6.45) is 6.24. The largest absolute Gasteiger partial charge is 0.378 e. The average molecular weight is 332 g/mol. The number of carbonyl (C=O) groups is 1. The van der Waals surface area contributed by atoms with Gasteiger partial charge in [0, 0.05) is 38.6 Å². The van der Waals surface area contributed by atoms with Crippen molar-refractivity contribution in [3.8, 4) is 0 Å². The van der Waals surface area contributed by atoms with Crippen LogP contribution in [-0.4, -0.2) is 72.4 Å². The van der Waals surface area contributed by atoms with Crippen molar-refractivity contribution >= 4 is 11.9 Å². The van der Waals surface area contributed by atoms with E-state index in [1.807, 2.05) is 11.0 Å². The maximum Gasteiger partial charge on any atom is 0.228 e. The highest BCUT2D eigenvalue weighted by Crippen LogP contribution is 2.39. The van der Waals surface area contributed by atoms with Gasteiger partial charge in [-0.15, -0.1) is 0 Å². The molecule has 24 heavy (non-hydrogen) atoms. The zero-order chi connectivity index (χ0) is 16.4. The molecule has 1 aromatic heterocycles. The van der Waals surface area contributed by atoms with Crippen LogP contribution in [-0.2, 0) is 14.3 Å². The second kappa shape index (κ2) is 6.64. The average Bonchev–Trinajstić information content (AvgIpc) is 3.07. The molecule has 1 atom stereocenters. The molecule has 3 aliphatic rings. The quantitative estimate of drug-likeness (QED) is 0.795. The molecule has 3 fully saturated rings. The summed E-state index contributed by atoms with van der Waals surface area (Å²) in [5.41, 5.74) is -0.141. The predicted octanol–water partition coefficient (Wildman–Crippen LogP) is 0.711. The third-order valence-electron chi connectivity index (χ3n) is 5.39. The first-order valence-corrected chi connectivity index (χ1v) is 8.78. The molecular formula is C17H24N4O3. The predicted molar refractivity (Wildman–Crippen MR) is 87.7 cm³/mol. The molecule has 3 aliphatic heterocycles. The van der Waals surface area contributed by atoms with Gasteiger partial charge in [0.25, 0.3) is 0 Å². The minimum atomic E-state index is -0.141. The van der Waals surface area contributed by atoms with Crippen LogP contribution in [0.2, 0.25) is 0 Å². The summed E-state index contributed by atoms with van der Waals surface area (Å²) in [6.45, 7) is 5.03. The lowest BCUT2D eigenvalue weighted by molar-refractivity contribution is -0.139. The zero-order valence-electron chi connectivity index (χ0n) is 13.9. The standard InChI is InChI=1S/C17H24N4O3/c22-15(20-8-10-23-11-9-20)14-12-17(24-13-14)2-6-21(7-3-17)16-18-4-1-5-19-16/h1,4-5,14H,2-3,6-13H2/t14-/m1/s1. The molecule has 0 aliphatic carbocycles. The van der Waals surface area contributed by atoms with E-state index in [1.54, 1.807) is 12.4 Å². The summed E-state index contributed by atoms with van der Waals surface area (Å²) in [5, 5.41) is 0. The Hall–Kier alpha value is -1.73. The van der Waals surface area contributed by atoms with Gasteiger partial charge >= 0.3 is 0 Å². The summed E-state index contributed by atoms with van der Waals surface area (Å²) in [4.78, 5) is 25.5. The zero-order valence-corrected chi connectivity index (χ0v) is 13.9. The van der Waals surface area contributed by atoms with Gasteiger partial charge in [0.1, 0.15) is 0 Å². The summed E-state index contributed by atoms with van der Waals surface area (Å²) in [6, 6.07) is 1.83. The lowest BCUT2D eigenvalue weighted by Gasteiger charge is -2.38. The van der Waals surface area contributed by atoms with Gasteiger partial charge in [0.05, 0.1) is 31.3 Å². The van der Waals surface area contributed by atoms with Crippen LogP contribution in [0.1, 0.15) is 19.3 Å². The molecular weight excluding hydrogens is 308 g/mol. The fourth-order valence-electron chi connectivity index (χ4n) is 3.96. The highest BCUT2D eigenvalue weighted by atomic mass is 16.5. The maximum atomic E-state index is 12.7. The Kier molecular flexibility index (Phi) is 4.37. The molecule has 0 unspecified atom stereocenters. The second-order valence-electron chi connectivity index (χ2n) is 6.87. The molecule has 0 aromatic carbocycles. The van der Waals surface area contributed by atoms with E-state index in [-0.39, 0.29) is 17.4 Å². The molecule has 1 amide bonds. The first-order chi connectivity index (χ1) is 11.8. The summed E-state index contributed by atoms with van der Waals surface area (Å²) >= 11 is 0. The smallest absolute Gasteiger partial charge is 0.228 e. The molecule has 7 nitrogen and oxygen atoms in total. The van der Waals surface area contributed by atoms with Crippen LogP contribution in [0.4, 0.5) is 5.95 Å². The van der Waals surface area contributed by atoms with Crippen molar-refractivity contribution in [1.29, 1.82) is 0 Å². The molecule has 7 heteroatoms. The Morgan fingerprint density at radius 2 is 1.83 bits per heavy atom. The lowest BCUT2D eigenvalue weighted by Crippen LogP contribution is -2.46. The summed E-state index contributed by atoms with van der Waals surface area (Å²) < 4.78 is 11.5. The number of amides is 1. The Morgan fingerprint density at radius 1 is 1.12 bits per heavy atom. The molecule has 0 bridgehead atoms. The molecule has 4 heterocycles. The van der Waals surface area contributed by atoms with Gasteiger partial charge in [-0.3, -0.25) is 4.79 Å². The number of rotatable bonds is 2. The summed E-state index contributed by atoms with van der Waals surface area (Å²) in [7, 11) is 0. The van der Waals surface area contributed by atoms with E-state index in [2.05, 4.69) is 14.9 Å². The van der Waals surface area contributed by atoms with E-state index in [9.17, 15) is 4.79 Å². The van der Waals surface area contributed by atoms with Crippen LogP contribution >= 0.6 is 0 Å². The topological polar surface area (TPSA) is 67.8 Å². The molecule has 4 rings (SSSR count). The van der Waals surface area contributed by atoms with Gasteiger partial charge in [0.2, 0.25) is 11.9 Å². The van der Waals surface area contributed by atoms with Gasteiger partial charge in [0.15, 0.2) is 0 Å². The summed E-state index contributed by atoms with van der Waals surface area (Å²) in [5.74, 6) is 1.03. The van der Waals surface area contributed by atoms with E-state index in [1.165, 1.54) is 0 Å². The van der Waals surface area contributed by atoms with Crippen molar-refractivity contribution in [2.45, 2.75) is 24.9 Å². The van der Waals surface area contributed by atoms with Crippen LogP contribution in [0.5, 0.6) is 0 Å². The van der Waals surface area contributed by atoms with Gasteiger partial charge in [-0.2, -0.15) is 0 Å². The van der Waals surface area contributed by atoms with Gasteiger partial charge < -0.3 is 19.3 Å². The SMILES string of the molecule is O=C([C@H]1COC2(CCN(c3ncccn3)CC2)C1)N1CCOCC1. The maximum absolute atomic E-state index is 12.7. The van der Waals surface area contributed by atoms with E-state index in [0.29, 0.717) is 32.9 Å². The van der Waals surface area contributed by atoms with Crippen molar-refractivity contribution in [3.63, 3.8) is 0 Å². The van der Waals surface area contributed by atoms with Crippen LogP contribution < -0.4 is 4.90 Å². The van der Waals surface area contributed by atoms with Gasteiger partial charge in [-0.05, 0) is 25.3 Å². The molecule has 1 spiro atoms. The third kappa shape index (κ3) is 3.10. The monoisotopic (exact) mass is 332 g/mol. The van der Waals surface area contributed by atoms with Crippen molar-refractivity contribution < 1.29 is 14.3 Å². The fourth-order valence-corrected chi connectivity index (χ4v) is 3.96. The molecule has 0 saturated carbocycles. The molecule has 0 radical (unpaired) electrons. The first kappa shape index (κ1) is 15.8. The Morgan fingerprint density at radius 3 is 2.54 bits per heavy atom. The molecule has 3 saturated heterocycles. The lowest BCUT2D eigenvalue weighted by atomic mass is 9.85. The minimum Gasteiger partial charge on any atom is -0.378 e. The van der Waals surface area contributed by atoms with Crippen molar-refractivity contribution in [3.05, 3.63) is 18.5 Å². The van der Waals surface area contributed by atoms with Crippen molar-refractivity contribution in [1.82, 2.24) is 14.9 Å². The van der Waals surface area contributed by atoms with Crippen molar-refractivity contribution in [2.75, 3.05) is 50.9 Å². The number of piperidine rings is 1. The Balaban J connectivity index is 1.34. The number of morpholine rings is 1. The minimum absolute atomic E-state index is 0.00243. The Bertz CT molecular complexity index is 568. The van der Waals surface area contributed by atoms with E-state index < -0.39 is 0 Å². The molecule has 0 N–H and O–H groups in total. The number of nitrogens with zero attached hydrogens (tertiary/aromatic N) is 4. The van der Waals surface area contributed by atoms with Crippen LogP contribution in [0.15, 0.2) is 18.5 Å². The fraction of sp³-hybridized carbons (Fsp3) is 0.706. The van der Waals surface area contributed by atoms with Gasteiger partial charge in [-0.25, -0.2) is 9.97 Å². The number of aromatic nitrogens is 2. The molecule has 1 aromatic rings. The Labute approximate surface area is 142 Å². The van der Waals surface area contributed by atoms with Crippen LogP contribution in [0.3, 0.4) is 0 Å². The third-order valence-corrected chi connectivity index (χ3v) is 5.39. The van der Waals surface area contributed by atoms with E-state index in [4.69, 9.17) is 9.47 Å². The number of anilines is 1. The molecule has 130 valence electrons. The first-order valence-electron chi connectivity index (χ1n) is 8.78. The highest BCUT2D eigenvalue weighted by Gasteiger charge is 2.46. The van der Waals surface area contributed by atoms with Crippen LogP contribution in [0.25, 0.3) is 0 Å². The second-order valence-corrected chi connectivity index (χ2v) is 6.87. The highest BCUT2D eigenvalue weighted by molar-refractivity contribution is 5.79. The number of hydrogen-bond donors (Lipinski definition) is 0. The number of hydrogen-bond acceptors (Lipinski definition) is 6. The number of carbonyl (C=O) groups excluding carboxylic acids is 1. The van der Waals surface area contributed by atoms with Gasteiger partial charge in [-0.1, -0.05) is 0 Å². The normalized spacial score (nSPS) is 26.8. The number of ether oxygens (including phenoxy) is 2.